The first kappa shape index (κ1) is 15.8. The molecule has 0 radical (unpaired) electrons. The number of halogens is 1. The molecule has 1 N–H and O–H groups in total. The number of rotatable bonds is 3. The minimum Gasteiger partial charge on any atom is -0.507 e. The molecule has 0 unspecified atom stereocenters. The van der Waals surface area contributed by atoms with E-state index >= 15 is 0 Å². The lowest BCUT2D eigenvalue weighted by Gasteiger charge is -2.13. The number of aromatic hydroxyl groups is 1. The zero-order valence-electron chi connectivity index (χ0n) is 12.8. The van der Waals surface area contributed by atoms with E-state index in [4.69, 9.17) is 4.74 Å². The molecule has 0 bridgehead atoms. The SMILES string of the molecule is CN(C)Cc1c(O)ccc2c1O/C(=C/c1cccc(Br)c1)C2=O. The molecule has 0 atom stereocenters. The Kier molecular flexibility index (Phi) is 4.24. The van der Waals surface area contributed by atoms with Gasteiger partial charge in [0.1, 0.15) is 11.5 Å². The van der Waals surface area contributed by atoms with Crippen LogP contribution in [0.3, 0.4) is 0 Å². The molecule has 3 rings (SSSR count). The topological polar surface area (TPSA) is 49.8 Å². The fourth-order valence-electron chi connectivity index (χ4n) is 2.51. The summed E-state index contributed by atoms with van der Waals surface area (Å²) in [6.07, 6.45) is 1.71. The third-order valence-corrected chi connectivity index (χ3v) is 4.03. The van der Waals surface area contributed by atoms with E-state index < -0.39 is 0 Å². The molecule has 0 fully saturated rings. The van der Waals surface area contributed by atoms with Crippen LogP contribution in [0.5, 0.6) is 11.5 Å². The summed E-state index contributed by atoms with van der Waals surface area (Å²) in [6.45, 7) is 0.493. The van der Waals surface area contributed by atoms with Gasteiger partial charge >= 0.3 is 0 Å². The van der Waals surface area contributed by atoms with Crippen LogP contribution in [0.15, 0.2) is 46.6 Å². The van der Waals surface area contributed by atoms with Gasteiger partial charge in [0.15, 0.2) is 5.76 Å². The van der Waals surface area contributed by atoms with Crippen LogP contribution in [0.2, 0.25) is 0 Å². The number of benzene rings is 2. The molecule has 2 aromatic rings. The van der Waals surface area contributed by atoms with Crippen molar-refractivity contribution in [3.8, 4) is 11.5 Å². The molecule has 0 saturated heterocycles. The lowest BCUT2D eigenvalue weighted by Crippen LogP contribution is -2.11. The van der Waals surface area contributed by atoms with Crippen LogP contribution < -0.4 is 4.74 Å². The molecule has 23 heavy (non-hydrogen) atoms. The maximum absolute atomic E-state index is 12.5. The maximum Gasteiger partial charge on any atom is 0.231 e. The Labute approximate surface area is 143 Å². The van der Waals surface area contributed by atoms with Gasteiger partial charge in [-0.25, -0.2) is 0 Å². The Morgan fingerprint density at radius 1 is 1.26 bits per heavy atom. The zero-order chi connectivity index (χ0) is 16.6. The Balaban J connectivity index is 2.02. The number of hydrogen-bond donors (Lipinski definition) is 1. The van der Waals surface area contributed by atoms with Gasteiger partial charge in [-0.15, -0.1) is 0 Å². The van der Waals surface area contributed by atoms with Crippen LogP contribution in [-0.2, 0) is 6.54 Å². The van der Waals surface area contributed by atoms with Gasteiger partial charge in [-0.3, -0.25) is 4.79 Å². The molecule has 1 heterocycles. The number of Topliss-reactive ketones (excluding diaryl/α,β-unsaturated/α-hetero) is 1. The number of carbonyl (C=O) groups is 1. The molecule has 5 heteroatoms. The maximum atomic E-state index is 12.5. The Morgan fingerprint density at radius 2 is 2.04 bits per heavy atom. The number of fused-ring (bicyclic) bond motifs is 1. The molecule has 1 aliphatic rings. The van der Waals surface area contributed by atoms with E-state index in [1.807, 2.05) is 43.3 Å². The van der Waals surface area contributed by atoms with Crippen LogP contribution in [0, 0.1) is 0 Å². The first-order chi connectivity index (χ1) is 11.0. The molecule has 0 spiro atoms. The summed E-state index contributed by atoms with van der Waals surface area (Å²) in [5, 5.41) is 10.1. The highest BCUT2D eigenvalue weighted by atomic mass is 79.9. The van der Waals surface area contributed by atoms with E-state index in [1.54, 1.807) is 18.2 Å². The average Bonchev–Trinajstić information content (AvgIpc) is 2.79. The van der Waals surface area contributed by atoms with Crippen molar-refractivity contribution in [2.24, 2.45) is 0 Å². The fourth-order valence-corrected chi connectivity index (χ4v) is 2.93. The van der Waals surface area contributed by atoms with Crippen molar-refractivity contribution < 1.29 is 14.6 Å². The van der Waals surface area contributed by atoms with Crippen molar-refractivity contribution in [3.05, 3.63) is 63.3 Å². The van der Waals surface area contributed by atoms with Gasteiger partial charge in [-0.05, 0) is 50.0 Å². The molecule has 2 aromatic carbocycles. The van der Waals surface area contributed by atoms with Gasteiger partial charge in [0, 0.05) is 11.0 Å². The van der Waals surface area contributed by atoms with Crippen LogP contribution in [0.1, 0.15) is 21.5 Å². The van der Waals surface area contributed by atoms with Crippen molar-refractivity contribution in [3.63, 3.8) is 0 Å². The lowest BCUT2D eigenvalue weighted by atomic mass is 10.0. The summed E-state index contributed by atoms with van der Waals surface area (Å²) in [7, 11) is 3.79. The number of phenols is 1. The second kappa shape index (κ2) is 6.18. The minimum atomic E-state index is -0.167. The number of ketones is 1. The zero-order valence-corrected chi connectivity index (χ0v) is 14.4. The summed E-state index contributed by atoms with van der Waals surface area (Å²) < 4.78 is 6.72. The number of nitrogens with zero attached hydrogens (tertiary/aromatic N) is 1. The monoisotopic (exact) mass is 373 g/mol. The van der Waals surface area contributed by atoms with Crippen molar-refractivity contribution >= 4 is 27.8 Å². The van der Waals surface area contributed by atoms with Gasteiger partial charge in [-0.1, -0.05) is 28.1 Å². The Bertz CT molecular complexity index is 812. The van der Waals surface area contributed by atoms with Crippen molar-refractivity contribution in [2.45, 2.75) is 6.54 Å². The first-order valence-electron chi connectivity index (χ1n) is 7.15. The minimum absolute atomic E-state index is 0.133. The third-order valence-electron chi connectivity index (χ3n) is 3.54. The average molecular weight is 374 g/mol. The second-order valence-electron chi connectivity index (χ2n) is 5.67. The third kappa shape index (κ3) is 3.16. The summed E-state index contributed by atoms with van der Waals surface area (Å²) in [5.74, 6) is 0.683. The molecule has 0 aliphatic carbocycles. The molecule has 1 aliphatic heterocycles. The van der Waals surface area contributed by atoms with Gasteiger partial charge in [-0.2, -0.15) is 0 Å². The Hall–Kier alpha value is -2.11. The van der Waals surface area contributed by atoms with Crippen LogP contribution in [0.4, 0.5) is 0 Å². The molecule has 0 saturated carbocycles. The van der Waals surface area contributed by atoms with Crippen LogP contribution in [-0.4, -0.2) is 29.9 Å². The van der Waals surface area contributed by atoms with Gasteiger partial charge in [0.05, 0.1) is 11.1 Å². The van der Waals surface area contributed by atoms with Crippen molar-refractivity contribution in [1.29, 1.82) is 0 Å². The molecular formula is C18H16BrNO3. The van der Waals surface area contributed by atoms with E-state index in [0.29, 0.717) is 23.4 Å². The smallest absolute Gasteiger partial charge is 0.231 e. The lowest BCUT2D eigenvalue weighted by molar-refractivity contribution is 0.101. The molecule has 0 amide bonds. The van der Waals surface area contributed by atoms with E-state index in [1.165, 1.54) is 0 Å². The quantitative estimate of drug-likeness (QED) is 0.830. The number of ether oxygens (including phenoxy) is 1. The standard InChI is InChI=1S/C18H16BrNO3/c1-20(2)10-14-15(21)7-6-13-17(22)16(23-18(13)14)9-11-4-3-5-12(19)8-11/h3-9,21H,10H2,1-2H3/b16-9+. The highest BCUT2D eigenvalue weighted by Crippen LogP contribution is 2.39. The summed E-state index contributed by atoms with van der Waals surface area (Å²) in [4.78, 5) is 14.5. The second-order valence-corrected chi connectivity index (χ2v) is 6.59. The molecule has 4 nitrogen and oxygen atoms in total. The van der Waals surface area contributed by atoms with Gasteiger partial charge in [0.25, 0.3) is 0 Å². The number of allylic oxidation sites excluding steroid dienone is 1. The van der Waals surface area contributed by atoms with Crippen LogP contribution >= 0.6 is 15.9 Å². The predicted octanol–water partition coefficient (Wildman–Crippen LogP) is 3.83. The van der Waals surface area contributed by atoms with Crippen LogP contribution in [0.25, 0.3) is 6.08 Å². The molecular weight excluding hydrogens is 358 g/mol. The van der Waals surface area contributed by atoms with E-state index in [9.17, 15) is 9.90 Å². The highest BCUT2D eigenvalue weighted by Gasteiger charge is 2.31. The summed E-state index contributed by atoms with van der Waals surface area (Å²) in [6, 6.07) is 10.8. The molecule has 0 aromatic heterocycles. The van der Waals surface area contributed by atoms with E-state index in [-0.39, 0.29) is 17.3 Å². The summed E-state index contributed by atoms with van der Waals surface area (Å²) in [5.41, 5.74) is 1.98. The van der Waals surface area contributed by atoms with Gasteiger partial charge in [0.2, 0.25) is 5.78 Å². The predicted molar refractivity (Wildman–Crippen MR) is 92.6 cm³/mol. The first-order valence-corrected chi connectivity index (χ1v) is 7.94. The molecule has 118 valence electrons. The van der Waals surface area contributed by atoms with Crippen molar-refractivity contribution in [2.75, 3.05) is 14.1 Å². The van der Waals surface area contributed by atoms with Crippen molar-refractivity contribution in [1.82, 2.24) is 4.90 Å². The number of carbonyl (C=O) groups excluding carboxylic acids is 1. The fraction of sp³-hybridized carbons (Fsp3) is 0.167. The van der Waals surface area contributed by atoms with E-state index in [2.05, 4.69) is 15.9 Å². The highest BCUT2D eigenvalue weighted by molar-refractivity contribution is 9.10. The number of phenolic OH excluding ortho intramolecular Hbond substituents is 1. The van der Waals surface area contributed by atoms with E-state index in [0.717, 1.165) is 10.0 Å². The Morgan fingerprint density at radius 3 is 2.74 bits per heavy atom. The normalized spacial score (nSPS) is 15.1. The largest absolute Gasteiger partial charge is 0.507 e. The number of hydrogen-bond acceptors (Lipinski definition) is 4. The summed E-state index contributed by atoms with van der Waals surface area (Å²) >= 11 is 3.41. The van der Waals surface area contributed by atoms with Gasteiger partial charge < -0.3 is 14.7 Å².